The van der Waals surface area contributed by atoms with Gasteiger partial charge < -0.3 is 15.4 Å². The molecule has 1 aromatic heterocycles. The SMILES string of the molecule is N#Cc1cc([N+](=O)[O-])ccc1NC(CO)Cc1c[nH]c2ccccc12. The number of hydrogen-bond donors (Lipinski definition) is 3. The maximum Gasteiger partial charge on any atom is 0.270 e. The van der Waals surface area contributed by atoms with Gasteiger partial charge in [0.1, 0.15) is 6.07 Å². The lowest BCUT2D eigenvalue weighted by atomic mass is 10.0. The predicted molar refractivity (Wildman–Crippen MR) is 94.3 cm³/mol. The first-order valence-corrected chi connectivity index (χ1v) is 7.73. The molecule has 3 aromatic rings. The fourth-order valence-corrected chi connectivity index (χ4v) is 2.81. The Labute approximate surface area is 143 Å². The van der Waals surface area contributed by atoms with Crippen LogP contribution in [0.2, 0.25) is 0 Å². The number of nitriles is 1. The number of nitrogens with one attached hydrogen (secondary N) is 2. The first-order chi connectivity index (χ1) is 12.1. The molecule has 1 unspecified atom stereocenters. The van der Waals surface area contributed by atoms with Gasteiger partial charge in [0.05, 0.1) is 28.8 Å². The van der Waals surface area contributed by atoms with Gasteiger partial charge in [0.2, 0.25) is 0 Å². The van der Waals surface area contributed by atoms with Crippen LogP contribution in [0.5, 0.6) is 0 Å². The van der Waals surface area contributed by atoms with Crippen LogP contribution in [0.1, 0.15) is 11.1 Å². The number of aliphatic hydroxyl groups excluding tert-OH is 1. The average Bonchev–Trinajstić information content (AvgIpc) is 3.04. The minimum atomic E-state index is -0.542. The number of rotatable bonds is 6. The van der Waals surface area contributed by atoms with Gasteiger partial charge >= 0.3 is 0 Å². The number of non-ortho nitro benzene ring substituents is 1. The van der Waals surface area contributed by atoms with Crippen molar-refractivity contribution in [2.45, 2.75) is 12.5 Å². The van der Waals surface area contributed by atoms with Crippen molar-refractivity contribution in [3.8, 4) is 6.07 Å². The Balaban J connectivity index is 1.83. The van der Waals surface area contributed by atoms with E-state index in [0.717, 1.165) is 16.5 Å². The Morgan fingerprint density at radius 1 is 1.32 bits per heavy atom. The van der Waals surface area contributed by atoms with E-state index >= 15 is 0 Å². The summed E-state index contributed by atoms with van der Waals surface area (Å²) in [7, 11) is 0. The summed E-state index contributed by atoms with van der Waals surface area (Å²) >= 11 is 0. The van der Waals surface area contributed by atoms with Crippen LogP contribution in [0.25, 0.3) is 10.9 Å². The molecule has 0 spiro atoms. The maximum absolute atomic E-state index is 10.8. The highest BCUT2D eigenvalue weighted by atomic mass is 16.6. The number of hydrogen-bond acceptors (Lipinski definition) is 5. The Bertz CT molecular complexity index is 958. The van der Waals surface area contributed by atoms with Gasteiger partial charge in [0.15, 0.2) is 0 Å². The lowest BCUT2D eigenvalue weighted by Gasteiger charge is -2.18. The molecule has 25 heavy (non-hydrogen) atoms. The van der Waals surface area contributed by atoms with Crippen LogP contribution in [-0.2, 0) is 6.42 Å². The summed E-state index contributed by atoms with van der Waals surface area (Å²) in [6.07, 6.45) is 2.44. The molecule has 0 fully saturated rings. The number of nitrogens with zero attached hydrogens (tertiary/aromatic N) is 2. The zero-order valence-corrected chi connectivity index (χ0v) is 13.3. The molecule has 0 saturated carbocycles. The molecule has 3 N–H and O–H groups in total. The fraction of sp³-hybridized carbons (Fsp3) is 0.167. The molecule has 126 valence electrons. The number of aromatic amines is 1. The zero-order valence-electron chi connectivity index (χ0n) is 13.3. The van der Waals surface area contributed by atoms with E-state index in [9.17, 15) is 20.5 Å². The van der Waals surface area contributed by atoms with Crippen LogP contribution in [0.4, 0.5) is 11.4 Å². The van der Waals surface area contributed by atoms with Crippen molar-refractivity contribution in [2.24, 2.45) is 0 Å². The number of aliphatic hydroxyl groups is 1. The first kappa shape index (κ1) is 16.5. The molecule has 7 nitrogen and oxygen atoms in total. The van der Waals surface area contributed by atoms with Crippen LogP contribution >= 0.6 is 0 Å². The number of aromatic nitrogens is 1. The van der Waals surface area contributed by atoms with Gasteiger partial charge in [-0.05, 0) is 24.1 Å². The third-order valence-electron chi connectivity index (χ3n) is 4.06. The molecule has 0 saturated heterocycles. The number of benzene rings is 2. The number of nitro groups is 1. The summed E-state index contributed by atoms with van der Waals surface area (Å²) in [6, 6.07) is 13.6. The van der Waals surface area contributed by atoms with Gasteiger partial charge in [-0.25, -0.2) is 0 Å². The predicted octanol–water partition coefficient (Wildman–Crippen LogP) is 2.96. The molecule has 0 radical (unpaired) electrons. The van der Waals surface area contributed by atoms with Gasteiger partial charge in [0, 0.05) is 29.2 Å². The first-order valence-electron chi connectivity index (χ1n) is 7.73. The topological polar surface area (TPSA) is 115 Å². The van der Waals surface area contributed by atoms with Gasteiger partial charge in [-0.15, -0.1) is 0 Å². The molecule has 1 heterocycles. The summed E-state index contributed by atoms with van der Waals surface area (Å²) in [5.74, 6) is 0. The molecular weight excluding hydrogens is 320 g/mol. The number of fused-ring (bicyclic) bond motifs is 1. The van der Waals surface area contributed by atoms with Crippen molar-refractivity contribution in [3.05, 3.63) is 69.9 Å². The second kappa shape index (κ2) is 7.03. The zero-order chi connectivity index (χ0) is 17.8. The average molecular weight is 336 g/mol. The second-order valence-corrected chi connectivity index (χ2v) is 5.69. The molecule has 3 rings (SSSR count). The maximum atomic E-state index is 10.8. The summed E-state index contributed by atoms with van der Waals surface area (Å²) in [5.41, 5.74) is 2.56. The second-order valence-electron chi connectivity index (χ2n) is 5.69. The number of nitro benzene ring substituents is 1. The third kappa shape index (κ3) is 3.44. The minimum Gasteiger partial charge on any atom is -0.394 e. The lowest BCUT2D eigenvalue weighted by molar-refractivity contribution is -0.384. The van der Waals surface area contributed by atoms with Crippen molar-refractivity contribution in [2.75, 3.05) is 11.9 Å². The van der Waals surface area contributed by atoms with Crippen LogP contribution in [-0.4, -0.2) is 27.7 Å². The van der Waals surface area contributed by atoms with E-state index < -0.39 is 4.92 Å². The molecule has 0 amide bonds. The minimum absolute atomic E-state index is 0.138. The monoisotopic (exact) mass is 336 g/mol. The molecule has 0 aliphatic carbocycles. The highest BCUT2D eigenvalue weighted by molar-refractivity contribution is 5.83. The Kier molecular flexibility index (Phi) is 4.64. The van der Waals surface area contributed by atoms with Gasteiger partial charge in [0.25, 0.3) is 5.69 Å². The van der Waals surface area contributed by atoms with E-state index in [0.29, 0.717) is 12.1 Å². The number of para-hydroxylation sites is 1. The summed E-state index contributed by atoms with van der Waals surface area (Å²) in [6.45, 7) is -0.138. The smallest absolute Gasteiger partial charge is 0.270 e. The largest absolute Gasteiger partial charge is 0.394 e. The summed E-state index contributed by atoms with van der Waals surface area (Å²) in [5, 5.41) is 33.9. The van der Waals surface area contributed by atoms with Gasteiger partial charge in [-0.2, -0.15) is 5.26 Å². The van der Waals surface area contributed by atoms with Crippen molar-refractivity contribution >= 4 is 22.3 Å². The summed E-state index contributed by atoms with van der Waals surface area (Å²) < 4.78 is 0. The van der Waals surface area contributed by atoms with Crippen molar-refractivity contribution < 1.29 is 10.0 Å². The van der Waals surface area contributed by atoms with E-state index in [-0.39, 0.29) is 23.9 Å². The van der Waals surface area contributed by atoms with E-state index in [1.54, 1.807) is 0 Å². The van der Waals surface area contributed by atoms with E-state index in [2.05, 4.69) is 10.3 Å². The van der Waals surface area contributed by atoms with Crippen molar-refractivity contribution in [3.63, 3.8) is 0 Å². The molecule has 7 heteroatoms. The highest BCUT2D eigenvalue weighted by Crippen LogP contribution is 2.24. The molecule has 0 aliphatic rings. The molecule has 1 atom stereocenters. The quantitative estimate of drug-likeness (QED) is 0.473. The molecular formula is C18H16N4O3. The molecule has 2 aromatic carbocycles. The fourth-order valence-electron chi connectivity index (χ4n) is 2.81. The Morgan fingerprint density at radius 2 is 2.12 bits per heavy atom. The standard InChI is InChI=1S/C18H16N4O3/c19-9-12-8-15(22(24)25)5-6-17(12)21-14(11-23)7-13-10-20-18-4-2-1-3-16(13)18/h1-6,8,10,14,20-21,23H,7,11H2. The van der Waals surface area contributed by atoms with E-state index in [4.69, 9.17) is 0 Å². The lowest BCUT2D eigenvalue weighted by Crippen LogP contribution is -2.26. The van der Waals surface area contributed by atoms with Gasteiger partial charge in [-0.1, -0.05) is 18.2 Å². The highest BCUT2D eigenvalue weighted by Gasteiger charge is 2.16. The van der Waals surface area contributed by atoms with Crippen molar-refractivity contribution in [1.82, 2.24) is 4.98 Å². The normalized spacial score (nSPS) is 11.8. The Morgan fingerprint density at radius 3 is 2.84 bits per heavy atom. The Hall–Kier alpha value is -3.37. The van der Waals surface area contributed by atoms with E-state index in [1.165, 1.54) is 18.2 Å². The number of anilines is 1. The summed E-state index contributed by atoms with van der Waals surface area (Å²) in [4.78, 5) is 13.5. The number of H-pyrrole nitrogens is 1. The van der Waals surface area contributed by atoms with Crippen LogP contribution in [0.15, 0.2) is 48.7 Å². The van der Waals surface area contributed by atoms with E-state index in [1.807, 2.05) is 36.5 Å². The third-order valence-corrected chi connectivity index (χ3v) is 4.06. The van der Waals surface area contributed by atoms with Crippen molar-refractivity contribution in [1.29, 1.82) is 5.26 Å². The van der Waals surface area contributed by atoms with Crippen LogP contribution in [0.3, 0.4) is 0 Å². The van der Waals surface area contributed by atoms with Crippen LogP contribution in [0, 0.1) is 21.4 Å². The molecule has 0 aliphatic heterocycles. The van der Waals surface area contributed by atoms with Crippen LogP contribution < -0.4 is 5.32 Å². The van der Waals surface area contributed by atoms with Gasteiger partial charge in [-0.3, -0.25) is 10.1 Å². The molecule has 0 bridgehead atoms.